The van der Waals surface area contributed by atoms with Crippen molar-refractivity contribution in [2.24, 2.45) is 0 Å². The zero-order chi connectivity index (χ0) is 12.1. The molecule has 0 saturated heterocycles. The lowest BCUT2D eigenvalue weighted by Gasteiger charge is -1.99. The molecule has 0 saturated carbocycles. The molecule has 17 heavy (non-hydrogen) atoms. The molecule has 2 aromatic rings. The number of hydrazine groups is 1. The molecule has 0 aliphatic carbocycles. The lowest BCUT2D eigenvalue weighted by molar-refractivity contribution is -0.601. The van der Waals surface area contributed by atoms with Gasteiger partial charge in [0.05, 0.1) is 12.0 Å². The van der Waals surface area contributed by atoms with Crippen LogP contribution in [0, 0.1) is 4.91 Å². The third-order valence-electron chi connectivity index (χ3n) is 2.39. The standard InChI is InChI=1S/C13H13N2O2/c1-17-14-15(16)10-9-12-7-4-6-11-5-2-3-8-13(11)12/h2-10H,1H3,(H,14,16)/q+1/b10-9+. The average molecular weight is 229 g/mol. The van der Waals surface area contributed by atoms with Crippen molar-refractivity contribution < 1.29 is 9.71 Å². The molecule has 0 aliphatic rings. The summed E-state index contributed by atoms with van der Waals surface area (Å²) in [6.07, 6.45) is 3.10. The summed E-state index contributed by atoms with van der Waals surface area (Å²) >= 11 is 0. The van der Waals surface area contributed by atoms with Crippen molar-refractivity contribution >= 4 is 16.8 Å². The number of nitroso groups, excluding NO2 is 1. The molecule has 0 radical (unpaired) electrons. The Morgan fingerprint density at radius 3 is 2.76 bits per heavy atom. The first kappa shape index (κ1) is 11.3. The third kappa shape index (κ3) is 2.68. The van der Waals surface area contributed by atoms with Gasteiger partial charge in [-0.3, -0.25) is 0 Å². The van der Waals surface area contributed by atoms with Crippen molar-refractivity contribution in [3.63, 3.8) is 0 Å². The molecule has 0 atom stereocenters. The normalized spacial score (nSPS) is 10.9. The maximum Gasteiger partial charge on any atom is 0.260 e. The zero-order valence-electron chi connectivity index (χ0n) is 9.46. The highest BCUT2D eigenvalue weighted by molar-refractivity contribution is 5.90. The van der Waals surface area contributed by atoms with E-state index in [0.717, 1.165) is 16.3 Å². The summed E-state index contributed by atoms with van der Waals surface area (Å²) in [5, 5.41) is 2.25. The molecule has 0 amide bonds. The summed E-state index contributed by atoms with van der Waals surface area (Å²) in [7, 11) is 1.39. The minimum Gasteiger partial charge on any atom is -0.228 e. The van der Waals surface area contributed by atoms with Crippen molar-refractivity contribution in [2.75, 3.05) is 7.11 Å². The molecule has 0 heterocycles. The molecule has 2 rings (SSSR count). The van der Waals surface area contributed by atoms with Crippen molar-refractivity contribution in [3.05, 3.63) is 59.1 Å². The van der Waals surface area contributed by atoms with E-state index in [9.17, 15) is 4.91 Å². The Morgan fingerprint density at radius 2 is 1.94 bits per heavy atom. The number of rotatable bonds is 4. The van der Waals surface area contributed by atoms with Crippen LogP contribution >= 0.6 is 0 Å². The molecule has 0 aromatic heterocycles. The van der Waals surface area contributed by atoms with Gasteiger partial charge in [0.25, 0.3) is 6.20 Å². The Labute approximate surface area is 99.0 Å². The van der Waals surface area contributed by atoms with Crippen LogP contribution in [0.15, 0.2) is 48.7 Å². The van der Waals surface area contributed by atoms with Gasteiger partial charge in [-0.1, -0.05) is 42.5 Å². The zero-order valence-corrected chi connectivity index (χ0v) is 9.46. The van der Waals surface area contributed by atoms with Crippen LogP contribution in [0.25, 0.3) is 16.8 Å². The first-order valence-corrected chi connectivity index (χ1v) is 5.22. The monoisotopic (exact) mass is 229 g/mol. The van der Waals surface area contributed by atoms with Gasteiger partial charge in [-0.25, -0.2) is 4.84 Å². The second kappa shape index (κ2) is 5.23. The van der Waals surface area contributed by atoms with Crippen LogP contribution < -0.4 is 5.59 Å². The Balaban J connectivity index is 2.33. The van der Waals surface area contributed by atoms with Crippen molar-refractivity contribution in [2.45, 2.75) is 0 Å². The van der Waals surface area contributed by atoms with E-state index >= 15 is 0 Å². The molecule has 4 heteroatoms. The van der Waals surface area contributed by atoms with E-state index in [-0.39, 0.29) is 0 Å². The fraction of sp³-hybridized carbons (Fsp3) is 0.0769. The van der Waals surface area contributed by atoms with Gasteiger partial charge in [0.1, 0.15) is 0 Å². The van der Waals surface area contributed by atoms with Gasteiger partial charge in [0.2, 0.25) is 0 Å². The van der Waals surface area contributed by atoms with E-state index in [0.29, 0.717) is 4.87 Å². The predicted octanol–water partition coefficient (Wildman–Crippen LogP) is 2.66. The molecule has 2 aromatic carbocycles. The van der Waals surface area contributed by atoms with Crippen molar-refractivity contribution in [1.29, 1.82) is 0 Å². The molecule has 0 aliphatic heterocycles. The molecule has 0 bridgehead atoms. The minimum atomic E-state index is 0.502. The number of fused-ring (bicyclic) bond motifs is 1. The van der Waals surface area contributed by atoms with Crippen molar-refractivity contribution in [3.8, 4) is 0 Å². The number of hydrogen-bond acceptors (Lipinski definition) is 2. The molecule has 0 spiro atoms. The lowest BCUT2D eigenvalue weighted by Crippen LogP contribution is -2.19. The Hall–Kier alpha value is -2.20. The van der Waals surface area contributed by atoms with Crippen LogP contribution in [0.3, 0.4) is 0 Å². The summed E-state index contributed by atoms with van der Waals surface area (Å²) in [5.74, 6) is 0. The second-order valence-electron chi connectivity index (χ2n) is 3.51. The summed E-state index contributed by atoms with van der Waals surface area (Å²) in [4.78, 5) is 16.1. The SMILES string of the molecule is CON[N+](=O)/C=C/c1cccc2ccccc12. The van der Waals surface area contributed by atoms with Crippen LogP contribution in [-0.2, 0) is 4.84 Å². The van der Waals surface area contributed by atoms with Crippen LogP contribution in [0.4, 0.5) is 0 Å². The topological polar surface area (TPSA) is 41.3 Å². The Morgan fingerprint density at radius 1 is 1.18 bits per heavy atom. The molecule has 0 fully saturated rings. The maximum atomic E-state index is 11.1. The van der Waals surface area contributed by atoms with Gasteiger partial charge < -0.3 is 0 Å². The van der Waals surface area contributed by atoms with E-state index in [2.05, 4.69) is 10.4 Å². The summed E-state index contributed by atoms with van der Waals surface area (Å²) in [6, 6.07) is 14.0. The summed E-state index contributed by atoms with van der Waals surface area (Å²) < 4.78 is 0. The van der Waals surface area contributed by atoms with Crippen LogP contribution in [-0.4, -0.2) is 12.0 Å². The van der Waals surface area contributed by atoms with Gasteiger partial charge in [0, 0.05) is 6.08 Å². The minimum absolute atomic E-state index is 0.502. The molecular weight excluding hydrogens is 216 g/mol. The number of benzene rings is 2. The molecule has 0 unspecified atom stereocenters. The highest BCUT2D eigenvalue weighted by Gasteiger charge is 2.01. The lowest BCUT2D eigenvalue weighted by atomic mass is 10.0. The quantitative estimate of drug-likeness (QED) is 0.647. The predicted molar refractivity (Wildman–Crippen MR) is 66.8 cm³/mol. The highest BCUT2D eigenvalue weighted by atomic mass is 16.7. The average Bonchev–Trinajstić information content (AvgIpc) is 2.36. The van der Waals surface area contributed by atoms with Crippen LogP contribution in [0.1, 0.15) is 5.56 Å². The molecule has 4 nitrogen and oxygen atoms in total. The van der Waals surface area contributed by atoms with Crippen LogP contribution in [0.5, 0.6) is 0 Å². The fourth-order valence-corrected chi connectivity index (χ4v) is 1.66. The Kier molecular flexibility index (Phi) is 3.47. The number of hydrogen-bond donors (Lipinski definition) is 1. The number of nitrogens with zero attached hydrogens (tertiary/aromatic N) is 1. The van der Waals surface area contributed by atoms with E-state index < -0.39 is 0 Å². The third-order valence-corrected chi connectivity index (χ3v) is 2.39. The van der Waals surface area contributed by atoms with Gasteiger partial charge >= 0.3 is 0 Å². The van der Waals surface area contributed by atoms with E-state index in [1.807, 2.05) is 42.5 Å². The van der Waals surface area contributed by atoms with Gasteiger partial charge in [-0.2, -0.15) is 0 Å². The van der Waals surface area contributed by atoms with Gasteiger partial charge in [-0.15, -0.1) is 0 Å². The molecule has 1 N–H and O–H groups in total. The summed E-state index contributed by atoms with van der Waals surface area (Å²) in [5.41, 5.74) is 3.14. The van der Waals surface area contributed by atoms with E-state index in [1.165, 1.54) is 13.3 Å². The number of nitrogens with one attached hydrogen (secondary N) is 1. The summed E-state index contributed by atoms with van der Waals surface area (Å²) in [6.45, 7) is 0. The smallest absolute Gasteiger partial charge is 0.228 e. The first-order valence-electron chi connectivity index (χ1n) is 5.22. The van der Waals surface area contributed by atoms with E-state index in [4.69, 9.17) is 0 Å². The maximum absolute atomic E-state index is 11.1. The van der Waals surface area contributed by atoms with Gasteiger partial charge in [0.15, 0.2) is 4.87 Å². The van der Waals surface area contributed by atoms with Crippen LogP contribution in [0.2, 0.25) is 0 Å². The van der Waals surface area contributed by atoms with Gasteiger partial charge in [-0.05, 0) is 21.9 Å². The largest absolute Gasteiger partial charge is 0.260 e. The Bertz CT molecular complexity index is 559. The fourth-order valence-electron chi connectivity index (χ4n) is 1.66. The second-order valence-corrected chi connectivity index (χ2v) is 3.51. The molecule has 86 valence electrons. The highest BCUT2D eigenvalue weighted by Crippen LogP contribution is 2.19. The van der Waals surface area contributed by atoms with Crippen molar-refractivity contribution in [1.82, 2.24) is 5.59 Å². The first-order chi connectivity index (χ1) is 8.31. The van der Waals surface area contributed by atoms with E-state index in [1.54, 1.807) is 6.08 Å². The molecular formula is C13H13N2O2+.